The van der Waals surface area contributed by atoms with Crippen molar-refractivity contribution in [2.24, 2.45) is 0 Å². The number of aromatic nitrogens is 4. The molecule has 0 fully saturated rings. The second-order valence-electron chi connectivity index (χ2n) is 16.1. The Labute approximate surface area is 421 Å². The molecule has 19 heteroatoms. The van der Waals surface area contributed by atoms with E-state index >= 15 is 0 Å². The van der Waals surface area contributed by atoms with Gasteiger partial charge >= 0.3 is 11.9 Å². The summed E-state index contributed by atoms with van der Waals surface area (Å²) in [5.41, 5.74) is 8.95. The fraction of sp³-hybridized carbons (Fsp3) is 0.294. The normalized spacial score (nSPS) is 11.8. The summed E-state index contributed by atoms with van der Waals surface area (Å²) in [6, 6.07) is 26.2. The second-order valence-corrected chi connectivity index (χ2v) is 17.8. The minimum Gasteiger partial charge on any atom is -0.481 e. The van der Waals surface area contributed by atoms with Crippen molar-refractivity contribution < 1.29 is 49.0 Å². The highest BCUT2D eigenvalue weighted by Crippen LogP contribution is 2.35. The van der Waals surface area contributed by atoms with Gasteiger partial charge in [-0.2, -0.15) is 20.5 Å². The molecule has 0 aliphatic heterocycles. The molecule has 2 atom stereocenters. The number of nitrogens with zero attached hydrogens (tertiary/aromatic N) is 6. The summed E-state index contributed by atoms with van der Waals surface area (Å²) in [5, 5.41) is 60.1. The number of carbonyl (C=O) groups is 2. The predicted molar refractivity (Wildman–Crippen MR) is 262 cm³/mol. The van der Waals surface area contributed by atoms with Crippen molar-refractivity contribution in [1.82, 2.24) is 25.3 Å². The van der Waals surface area contributed by atoms with Gasteiger partial charge in [-0.15, -0.1) is 0 Å². The van der Waals surface area contributed by atoms with E-state index < -0.39 is 30.6 Å². The van der Waals surface area contributed by atoms with Crippen LogP contribution in [0.3, 0.4) is 0 Å². The molecule has 0 saturated heterocycles. The number of aliphatic hydroxyl groups is 2. The number of benzene rings is 2. The van der Waals surface area contributed by atoms with Gasteiger partial charge in [-0.05, 0) is 135 Å². The molecule has 0 unspecified atom stereocenters. The van der Waals surface area contributed by atoms with Crippen LogP contribution in [0.5, 0.6) is 23.5 Å². The van der Waals surface area contributed by atoms with Gasteiger partial charge in [0.15, 0.2) is 0 Å². The maximum Gasteiger partial charge on any atom is 0.306 e. The van der Waals surface area contributed by atoms with E-state index in [1.807, 2.05) is 56.3 Å². The summed E-state index contributed by atoms with van der Waals surface area (Å²) in [5.74, 6) is -1.16. The molecule has 0 radical (unpaired) electrons. The molecule has 17 nitrogen and oxygen atoms in total. The lowest BCUT2D eigenvalue weighted by atomic mass is 9.92. The van der Waals surface area contributed by atoms with Crippen LogP contribution in [0.15, 0.2) is 94.1 Å². The molecule has 0 aliphatic rings. The third kappa shape index (κ3) is 15.0. The highest BCUT2D eigenvalue weighted by Gasteiger charge is 2.20. The Kier molecular flexibility index (Phi) is 19.1. The van der Waals surface area contributed by atoms with Crippen LogP contribution in [-0.4, -0.2) is 71.1 Å². The van der Waals surface area contributed by atoms with Gasteiger partial charge < -0.3 is 44.7 Å². The number of aliphatic carboxylic acids is 2. The predicted octanol–water partition coefficient (Wildman–Crippen LogP) is 8.22. The quantitative estimate of drug-likeness (QED) is 0.0361. The van der Waals surface area contributed by atoms with E-state index in [9.17, 15) is 30.3 Å². The Morgan fingerprint density at radius 3 is 1.61 bits per heavy atom. The molecule has 6 rings (SSSR count). The Bertz CT molecular complexity index is 2710. The van der Waals surface area contributed by atoms with E-state index in [1.54, 1.807) is 30.3 Å². The van der Waals surface area contributed by atoms with E-state index in [1.165, 1.54) is 12.4 Å². The summed E-state index contributed by atoms with van der Waals surface area (Å²) in [6.07, 6.45) is 1.39. The van der Waals surface area contributed by atoms with Crippen LogP contribution in [0.1, 0.15) is 81.6 Å². The van der Waals surface area contributed by atoms with Gasteiger partial charge in [0.2, 0.25) is 23.5 Å². The molecule has 0 bridgehead atoms. The molecule has 0 saturated carbocycles. The number of ether oxygens (including phenoxy) is 4. The van der Waals surface area contributed by atoms with E-state index in [2.05, 4.69) is 59.3 Å². The number of pyridine rings is 4. The average molecular weight is 1080 g/mol. The monoisotopic (exact) mass is 1080 g/mol. The molecule has 5 N–H and O–H groups in total. The Morgan fingerprint density at radius 2 is 1.11 bits per heavy atom. The second kappa shape index (κ2) is 25.6. The van der Waals surface area contributed by atoms with Crippen LogP contribution in [0.25, 0.3) is 11.1 Å². The Hall–Kier alpha value is -7.00. The van der Waals surface area contributed by atoms with Crippen molar-refractivity contribution in [2.45, 2.75) is 91.1 Å². The first-order valence-electron chi connectivity index (χ1n) is 22.0. The molecular formula is C51H49Br2N7O10. The minimum atomic E-state index is -1.11. The maximum absolute atomic E-state index is 11.1. The summed E-state index contributed by atoms with van der Waals surface area (Å²) in [6.45, 7) is 4.60. The van der Waals surface area contributed by atoms with E-state index in [4.69, 9.17) is 39.1 Å². The molecule has 362 valence electrons. The van der Waals surface area contributed by atoms with Crippen LogP contribution < -0.4 is 24.3 Å². The zero-order valence-corrected chi connectivity index (χ0v) is 41.4. The lowest BCUT2D eigenvalue weighted by Crippen LogP contribution is -2.28. The number of nitrogens with one attached hydrogen (secondary N) is 1. The first-order chi connectivity index (χ1) is 33.7. The third-order valence-electron chi connectivity index (χ3n) is 11.0. The number of hydrogen-bond acceptors (Lipinski definition) is 15. The van der Waals surface area contributed by atoms with Crippen molar-refractivity contribution in [1.29, 1.82) is 10.5 Å². The molecule has 4 aromatic heterocycles. The van der Waals surface area contributed by atoms with Crippen LogP contribution in [0.2, 0.25) is 0 Å². The molecule has 0 spiro atoms. The summed E-state index contributed by atoms with van der Waals surface area (Å²) >= 11 is 7.20. The fourth-order valence-electron chi connectivity index (χ4n) is 7.32. The highest BCUT2D eigenvalue weighted by molar-refractivity contribution is 9.10. The average Bonchev–Trinajstić information content (AvgIpc) is 3.33. The van der Waals surface area contributed by atoms with E-state index in [0.29, 0.717) is 55.4 Å². The van der Waals surface area contributed by atoms with Gasteiger partial charge in [0.25, 0.3) is 0 Å². The SMILES string of the molecule is Cc1c(COc2nc(OCc3cc(C#N)ccn3)c(CCC[C@@H](O)CC(=O)O)cc2Br)cccc1-c1cccc(COc2nc(OCc3cc(C#N)ccn3)c(CNC[C@@H](O)CC(=O)O)cc2Br)c1C. The minimum absolute atomic E-state index is 0.00191. The smallest absolute Gasteiger partial charge is 0.306 e. The van der Waals surface area contributed by atoms with Crippen LogP contribution in [0, 0.1) is 36.5 Å². The lowest BCUT2D eigenvalue weighted by Gasteiger charge is -2.18. The van der Waals surface area contributed by atoms with Gasteiger partial charge in [-0.25, -0.2) is 0 Å². The highest BCUT2D eigenvalue weighted by atomic mass is 79.9. The van der Waals surface area contributed by atoms with Crippen molar-refractivity contribution in [2.75, 3.05) is 6.54 Å². The van der Waals surface area contributed by atoms with Crippen molar-refractivity contribution in [3.63, 3.8) is 0 Å². The zero-order valence-electron chi connectivity index (χ0n) is 38.2. The van der Waals surface area contributed by atoms with Crippen LogP contribution >= 0.6 is 31.9 Å². The number of aliphatic hydroxyl groups excluding tert-OH is 2. The standard InChI is InChI=1S/C51H49Br2N7O10/c1-30-35(26-67-50-44(52)18-34(6-3-9-40(61)20-46(63)64)48(59-50)69-28-38-16-32(22-54)12-14-57-38)7-4-10-42(30)43-11-5-8-36(31(43)2)27-68-51-45(53)19-37(24-56-25-41(62)21-47(65)66)49(60-51)70-29-39-17-33(23-55)13-15-58-39/h4-5,7-8,10-19,40-41,56,61-62H,3,6,9,20-21,24-29H2,1-2H3,(H,63,64)(H,65,66)/t40-,41+/m1/s1. The molecule has 70 heavy (non-hydrogen) atoms. The van der Waals surface area contributed by atoms with Gasteiger partial charge in [0.05, 0.1) is 68.6 Å². The van der Waals surface area contributed by atoms with Gasteiger partial charge in [-0.1, -0.05) is 36.4 Å². The number of nitriles is 2. The fourth-order valence-corrected chi connectivity index (χ4v) is 8.28. The zero-order chi connectivity index (χ0) is 50.2. The molecule has 6 aromatic rings. The molecule has 0 aliphatic carbocycles. The van der Waals surface area contributed by atoms with E-state index in [0.717, 1.165) is 33.4 Å². The molecule has 0 amide bonds. The Balaban J connectivity index is 1.18. The van der Waals surface area contributed by atoms with Crippen LogP contribution in [-0.2, 0) is 49.0 Å². The molecule has 2 aromatic carbocycles. The van der Waals surface area contributed by atoms with Crippen molar-refractivity contribution in [3.8, 4) is 46.8 Å². The number of aryl methyl sites for hydroxylation is 1. The maximum atomic E-state index is 11.1. The first-order valence-corrected chi connectivity index (χ1v) is 23.6. The van der Waals surface area contributed by atoms with Gasteiger partial charge in [0.1, 0.15) is 26.4 Å². The number of rotatable bonds is 25. The summed E-state index contributed by atoms with van der Waals surface area (Å²) in [7, 11) is 0. The van der Waals surface area contributed by atoms with Crippen LogP contribution in [0.4, 0.5) is 0 Å². The van der Waals surface area contributed by atoms with E-state index in [-0.39, 0.29) is 75.9 Å². The van der Waals surface area contributed by atoms with Gasteiger partial charge in [-0.3, -0.25) is 19.6 Å². The largest absolute Gasteiger partial charge is 0.481 e. The molecule has 4 heterocycles. The number of carboxylic acids is 2. The summed E-state index contributed by atoms with van der Waals surface area (Å²) < 4.78 is 26.0. The number of hydrogen-bond donors (Lipinski definition) is 5. The Morgan fingerprint density at radius 1 is 0.643 bits per heavy atom. The van der Waals surface area contributed by atoms with Crippen molar-refractivity contribution >= 4 is 43.8 Å². The molecular weight excluding hydrogens is 1030 g/mol. The third-order valence-corrected chi connectivity index (χ3v) is 12.1. The number of carboxylic acid groups (broad SMARTS) is 2. The number of halogens is 2. The van der Waals surface area contributed by atoms with Gasteiger partial charge in [0, 0.05) is 36.6 Å². The van der Waals surface area contributed by atoms with Crippen molar-refractivity contribution in [3.05, 3.63) is 150 Å². The lowest BCUT2D eigenvalue weighted by molar-refractivity contribution is -0.140. The summed E-state index contributed by atoms with van der Waals surface area (Å²) in [4.78, 5) is 40.2. The topological polar surface area (TPSA) is 263 Å². The first kappa shape index (κ1) is 52.4.